The van der Waals surface area contributed by atoms with Gasteiger partial charge < -0.3 is 24.7 Å². The summed E-state index contributed by atoms with van der Waals surface area (Å²) in [5.74, 6) is -0.219. The Balaban J connectivity index is 1.01. The van der Waals surface area contributed by atoms with E-state index in [1.54, 1.807) is 47.8 Å². The van der Waals surface area contributed by atoms with E-state index in [4.69, 9.17) is 0 Å². The highest BCUT2D eigenvalue weighted by Gasteiger charge is 2.28. The molecule has 0 radical (unpaired) electrons. The highest BCUT2D eigenvalue weighted by atomic mass is 32.2. The third-order valence-corrected chi connectivity index (χ3v) is 13.1. The third-order valence-electron chi connectivity index (χ3n) is 10.4. The molecular weight excluding hydrogens is 716 g/mol. The molecule has 53 heavy (non-hydrogen) atoms. The number of nitrogens with one attached hydrogen (secondary N) is 3. The summed E-state index contributed by atoms with van der Waals surface area (Å²) in [4.78, 5) is 9.36. The van der Waals surface area contributed by atoms with E-state index in [1.807, 2.05) is 7.05 Å². The van der Waals surface area contributed by atoms with E-state index >= 15 is 4.39 Å². The first kappa shape index (κ1) is 37.4. The van der Waals surface area contributed by atoms with Crippen molar-refractivity contribution in [2.75, 3.05) is 59.9 Å². The van der Waals surface area contributed by atoms with Crippen LogP contribution in [-0.2, 0) is 0 Å². The molecule has 7 rings (SSSR count). The summed E-state index contributed by atoms with van der Waals surface area (Å²) in [6.45, 7) is 6.85. The lowest BCUT2D eigenvalue weighted by atomic mass is 9.93. The van der Waals surface area contributed by atoms with Gasteiger partial charge in [-0.1, -0.05) is 42.0 Å². The fourth-order valence-corrected chi connectivity index (χ4v) is 9.81. The zero-order valence-corrected chi connectivity index (χ0v) is 33.6. The van der Waals surface area contributed by atoms with Crippen LogP contribution in [0, 0.1) is 5.82 Å². The third kappa shape index (κ3) is 8.72. The minimum absolute atomic E-state index is 0.216. The topological polar surface area (TPSA) is 45.8 Å². The van der Waals surface area contributed by atoms with Gasteiger partial charge in [0.1, 0.15) is 5.82 Å². The number of likely N-dealkylation sites (N-methyl/N-ethyl adjacent to an activating group) is 1. The summed E-state index contributed by atoms with van der Waals surface area (Å²) in [7, 11) is 4.06. The van der Waals surface area contributed by atoms with E-state index in [0.29, 0.717) is 18.0 Å². The zero-order valence-electron chi connectivity index (χ0n) is 31.1. The van der Waals surface area contributed by atoms with Crippen molar-refractivity contribution in [2.24, 2.45) is 0 Å². The smallest absolute Gasteiger partial charge is 0.125 e. The molecular formula is C43H49FN6S3. The van der Waals surface area contributed by atoms with Crippen molar-refractivity contribution < 1.29 is 4.39 Å². The van der Waals surface area contributed by atoms with E-state index in [1.165, 1.54) is 21.1 Å². The van der Waals surface area contributed by atoms with Crippen molar-refractivity contribution >= 4 is 69.7 Å². The van der Waals surface area contributed by atoms with Crippen molar-refractivity contribution in [2.45, 2.75) is 48.9 Å². The maximum atomic E-state index is 15.6. The van der Waals surface area contributed by atoms with E-state index in [-0.39, 0.29) is 11.9 Å². The average molecular weight is 765 g/mol. The second-order valence-corrected chi connectivity index (χ2v) is 16.7. The summed E-state index contributed by atoms with van der Waals surface area (Å²) in [5, 5.41) is 3.65. The largest absolute Gasteiger partial charge is 0.388 e. The molecule has 0 aromatic heterocycles. The Bertz CT molecular complexity index is 1960. The number of benzene rings is 4. The predicted octanol–water partition coefficient (Wildman–Crippen LogP) is 10.4. The second kappa shape index (κ2) is 17.0. The highest BCUT2D eigenvalue weighted by Crippen LogP contribution is 2.44. The van der Waals surface area contributed by atoms with Crippen molar-refractivity contribution in [3.05, 3.63) is 137 Å². The molecule has 6 nitrogen and oxygen atoms in total. The monoisotopic (exact) mass is 764 g/mol. The van der Waals surface area contributed by atoms with Crippen LogP contribution in [0.4, 0.5) is 27.1 Å². The molecule has 3 aliphatic rings. The number of halogens is 1. The summed E-state index contributed by atoms with van der Waals surface area (Å²) < 4.78 is 22.8. The van der Waals surface area contributed by atoms with E-state index < -0.39 is 0 Å². The lowest BCUT2D eigenvalue weighted by Gasteiger charge is -2.36. The van der Waals surface area contributed by atoms with Crippen molar-refractivity contribution in [1.82, 2.24) is 9.62 Å². The minimum atomic E-state index is -0.219. The highest BCUT2D eigenvalue weighted by molar-refractivity contribution is 8.03. The van der Waals surface area contributed by atoms with E-state index in [0.717, 1.165) is 65.4 Å². The number of anilines is 4. The maximum absolute atomic E-state index is 15.6. The fraction of sp³-hybridized carbons (Fsp3) is 0.302. The van der Waals surface area contributed by atoms with E-state index in [9.17, 15) is 0 Å². The van der Waals surface area contributed by atoms with Crippen LogP contribution in [0.2, 0.25) is 0 Å². The van der Waals surface area contributed by atoms with Gasteiger partial charge in [-0.3, -0.25) is 4.72 Å². The molecule has 0 bridgehead atoms. The first-order valence-electron chi connectivity index (χ1n) is 18.3. The molecule has 2 heterocycles. The Labute approximate surface area is 327 Å². The van der Waals surface area contributed by atoms with Crippen molar-refractivity contribution in [3.63, 3.8) is 0 Å². The first-order chi connectivity index (χ1) is 25.8. The predicted molar refractivity (Wildman–Crippen MR) is 231 cm³/mol. The van der Waals surface area contributed by atoms with Crippen molar-refractivity contribution in [3.8, 4) is 0 Å². The lowest BCUT2D eigenvalue weighted by molar-refractivity contribution is 0.427. The van der Waals surface area contributed by atoms with Gasteiger partial charge in [0.25, 0.3) is 0 Å². The molecule has 4 aromatic rings. The van der Waals surface area contributed by atoms with Crippen LogP contribution in [0.25, 0.3) is 11.3 Å². The molecule has 1 saturated heterocycles. The van der Waals surface area contributed by atoms with Crippen LogP contribution >= 0.6 is 35.7 Å². The lowest BCUT2D eigenvalue weighted by Crippen LogP contribution is -2.30. The molecule has 10 heteroatoms. The van der Waals surface area contributed by atoms with Crippen LogP contribution in [0.15, 0.2) is 125 Å². The number of rotatable bonds is 12. The summed E-state index contributed by atoms with van der Waals surface area (Å²) in [5.41, 5.74) is 9.85. The quantitative estimate of drug-likeness (QED) is 0.0967. The maximum Gasteiger partial charge on any atom is 0.125 e. The number of nitrogens with zero attached hydrogens (tertiary/aromatic N) is 3. The Morgan fingerprint density at radius 2 is 1.51 bits per heavy atom. The Morgan fingerprint density at radius 1 is 0.792 bits per heavy atom. The number of hydrogen-bond acceptors (Lipinski definition) is 9. The SMILES string of the molecule is CNc1ccc(C2=C(c3cc(F)cc(N4CCN(c5ccc(NSC6C=C(C)C(NSc7ccccc7)CC6)cc5)C4)c3)C(SC)=CC(C)N2C)cc1. The molecule has 0 saturated carbocycles. The molecule has 276 valence electrons. The number of hydrogen-bond donors (Lipinski definition) is 3. The van der Waals surface area contributed by atoms with Crippen LogP contribution in [0.1, 0.15) is 37.8 Å². The van der Waals surface area contributed by atoms with Gasteiger partial charge in [0, 0.05) is 82.6 Å². The van der Waals surface area contributed by atoms with E-state index in [2.05, 4.69) is 154 Å². The molecule has 4 aromatic carbocycles. The molecule has 3 atom stereocenters. The normalized spacial score (nSPS) is 20.4. The van der Waals surface area contributed by atoms with Crippen LogP contribution < -0.4 is 24.6 Å². The van der Waals surface area contributed by atoms with Crippen LogP contribution in [0.5, 0.6) is 0 Å². The van der Waals surface area contributed by atoms with Crippen molar-refractivity contribution in [1.29, 1.82) is 0 Å². The Kier molecular flexibility index (Phi) is 12.0. The van der Waals surface area contributed by atoms with Gasteiger partial charge >= 0.3 is 0 Å². The Morgan fingerprint density at radius 3 is 2.21 bits per heavy atom. The number of thioether (sulfide) groups is 1. The first-order valence-corrected chi connectivity index (χ1v) is 21.2. The van der Waals surface area contributed by atoms with Gasteiger partial charge in [-0.25, -0.2) is 4.39 Å². The number of allylic oxidation sites excluding steroid dienone is 1. The van der Waals surface area contributed by atoms with Gasteiger partial charge in [0.15, 0.2) is 0 Å². The molecule has 2 aliphatic heterocycles. The van der Waals surface area contributed by atoms with Gasteiger partial charge in [0.2, 0.25) is 0 Å². The molecule has 1 fully saturated rings. The molecule has 0 spiro atoms. The second-order valence-electron chi connectivity index (χ2n) is 13.9. The average Bonchev–Trinajstić information content (AvgIpc) is 3.69. The summed E-state index contributed by atoms with van der Waals surface area (Å²) in [6, 6.07) is 33.9. The van der Waals surface area contributed by atoms with Crippen LogP contribution in [-0.4, -0.2) is 62.3 Å². The van der Waals surface area contributed by atoms with Gasteiger partial charge in [-0.15, -0.1) is 11.8 Å². The molecule has 1 aliphatic carbocycles. The fourth-order valence-electron chi connectivity index (χ4n) is 7.22. The standard InChI is InChI=1S/C43H49FN6S3/c1-29-23-39(19-20-40(29)47-52-38-9-7-6-8-10-38)53-46-35-15-17-36(18-16-35)49-21-22-50(28-49)37-26-32(25-33(44)27-37)42-41(51-5)24-30(2)48(4)43(42)31-11-13-34(45-3)14-12-31/h6-18,23-27,30,39-40,45-47H,19-22,28H2,1-5H3. The van der Waals surface area contributed by atoms with Gasteiger partial charge in [0.05, 0.1) is 12.4 Å². The Hall–Kier alpha value is -3.96. The minimum Gasteiger partial charge on any atom is -0.388 e. The molecule has 0 amide bonds. The van der Waals surface area contributed by atoms with Gasteiger partial charge in [-0.2, -0.15) is 0 Å². The molecule has 3 unspecified atom stereocenters. The zero-order chi connectivity index (χ0) is 36.9. The van der Waals surface area contributed by atoms with Crippen LogP contribution in [0.3, 0.4) is 0 Å². The molecule has 3 N–H and O–H groups in total. The summed E-state index contributed by atoms with van der Waals surface area (Å²) >= 11 is 5.23. The van der Waals surface area contributed by atoms with Gasteiger partial charge in [-0.05, 0) is 141 Å². The summed E-state index contributed by atoms with van der Waals surface area (Å²) in [6.07, 6.45) is 9.04.